The minimum absolute atomic E-state index is 0.110. The zero-order valence-electron chi connectivity index (χ0n) is 15.4. The Kier molecular flexibility index (Phi) is 5.68. The number of aryl methyl sites for hydroxylation is 1. The molecule has 0 fully saturated rings. The number of nitrogens with zero attached hydrogens (tertiary/aromatic N) is 1. The Balaban J connectivity index is 2.70. The van der Waals surface area contributed by atoms with Crippen LogP contribution in [-0.4, -0.2) is 23.5 Å². The van der Waals surface area contributed by atoms with Gasteiger partial charge in [-0.05, 0) is 53.1 Å². The summed E-state index contributed by atoms with van der Waals surface area (Å²) in [7, 11) is 2.19. The minimum atomic E-state index is 0.110. The van der Waals surface area contributed by atoms with Crippen molar-refractivity contribution in [2.45, 2.75) is 80.1 Å². The van der Waals surface area contributed by atoms with Crippen molar-refractivity contribution in [1.29, 1.82) is 0 Å². The van der Waals surface area contributed by atoms with E-state index in [4.69, 9.17) is 4.42 Å². The Morgan fingerprint density at radius 1 is 1.19 bits per heavy atom. The van der Waals surface area contributed by atoms with Crippen LogP contribution in [0.25, 0.3) is 0 Å². The van der Waals surface area contributed by atoms with Gasteiger partial charge in [0, 0.05) is 23.7 Å². The first-order chi connectivity index (χ1) is 9.40. The fraction of sp³-hybridized carbons (Fsp3) is 0.778. The number of furan rings is 1. The van der Waals surface area contributed by atoms with Crippen molar-refractivity contribution in [1.82, 2.24) is 10.2 Å². The van der Waals surface area contributed by atoms with Crippen molar-refractivity contribution in [3.63, 3.8) is 0 Å². The van der Waals surface area contributed by atoms with Crippen LogP contribution in [0.2, 0.25) is 0 Å². The fourth-order valence-electron chi connectivity index (χ4n) is 2.25. The first-order valence-electron chi connectivity index (χ1n) is 7.93. The first kappa shape index (κ1) is 18.2. The number of nitrogens with one attached hydrogen (secondary N) is 1. The van der Waals surface area contributed by atoms with Crippen LogP contribution in [0.4, 0.5) is 0 Å². The molecule has 0 aromatic carbocycles. The van der Waals surface area contributed by atoms with Crippen LogP contribution in [0.1, 0.15) is 65.6 Å². The van der Waals surface area contributed by atoms with Gasteiger partial charge < -0.3 is 9.73 Å². The van der Waals surface area contributed by atoms with Crippen molar-refractivity contribution in [3.8, 4) is 0 Å². The van der Waals surface area contributed by atoms with Crippen molar-refractivity contribution < 1.29 is 4.42 Å². The maximum atomic E-state index is 5.89. The molecule has 0 spiro atoms. The Bertz CT molecular complexity index is 449. The normalized spacial score (nSPS) is 14.8. The van der Waals surface area contributed by atoms with Crippen molar-refractivity contribution >= 4 is 0 Å². The lowest BCUT2D eigenvalue weighted by molar-refractivity contribution is 0.134. The summed E-state index contributed by atoms with van der Waals surface area (Å²) in [5.74, 6) is 2.06. The standard InChI is InChI=1S/C18H34N2O/c1-13-15(12-20(9)14(2)17(3,4)5)10-16(21-13)11-19-18(6,7)8/h10,14,19H,11-12H2,1-9H3. The predicted octanol–water partition coefficient (Wildman–Crippen LogP) is 4.34. The molecule has 1 rings (SSSR count). The maximum absolute atomic E-state index is 5.89. The molecule has 1 N–H and O–H groups in total. The molecule has 0 amide bonds. The molecular weight excluding hydrogens is 260 g/mol. The third-order valence-corrected chi connectivity index (χ3v) is 4.20. The van der Waals surface area contributed by atoms with E-state index >= 15 is 0 Å². The van der Waals surface area contributed by atoms with Crippen LogP contribution in [0.15, 0.2) is 10.5 Å². The zero-order chi connectivity index (χ0) is 16.4. The quantitative estimate of drug-likeness (QED) is 0.875. The topological polar surface area (TPSA) is 28.4 Å². The fourth-order valence-corrected chi connectivity index (χ4v) is 2.25. The summed E-state index contributed by atoms with van der Waals surface area (Å²) >= 11 is 0. The van der Waals surface area contributed by atoms with Crippen LogP contribution in [-0.2, 0) is 13.1 Å². The van der Waals surface area contributed by atoms with Crippen LogP contribution in [0, 0.1) is 12.3 Å². The van der Waals surface area contributed by atoms with Gasteiger partial charge in [-0.1, -0.05) is 20.8 Å². The second kappa shape index (κ2) is 6.53. The van der Waals surface area contributed by atoms with Gasteiger partial charge in [-0.3, -0.25) is 4.90 Å². The van der Waals surface area contributed by atoms with Gasteiger partial charge in [-0.15, -0.1) is 0 Å². The van der Waals surface area contributed by atoms with E-state index < -0.39 is 0 Å². The summed E-state index contributed by atoms with van der Waals surface area (Å²) in [6, 6.07) is 2.71. The molecule has 3 nitrogen and oxygen atoms in total. The Morgan fingerprint density at radius 2 is 1.76 bits per heavy atom. The average molecular weight is 294 g/mol. The molecule has 0 bridgehead atoms. The van der Waals surface area contributed by atoms with Crippen LogP contribution in [0.3, 0.4) is 0 Å². The van der Waals surface area contributed by atoms with Gasteiger partial charge in [0.15, 0.2) is 0 Å². The Hall–Kier alpha value is -0.800. The summed E-state index contributed by atoms with van der Waals surface area (Å²) in [6.45, 7) is 19.4. The Morgan fingerprint density at radius 3 is 2.24 bits per heavy atom. The molecule has 0 radical (unpaired) electrons. The van der Waals surface area contributed by atoms with Crippen LogP contribution < -0.4 is 5.32 Å². The second-order valence-corrected chi connectivity index (χ2v) is 8.35. The average Bonchev–Trinajstić information content (AvgIpc) is 2.64. The van der Waals surface area contributed by atoms with E-state index in [2.05, 4.69) is 78.7 Å². The van der Waals surface area contributed by atoms with Crippen molar-refractivity contribution in [2.24, 2.45) is 5.41 Å². The molecule has 0 saturated carbocycles. The van der Waals surface area contributed by atoms with E-state index in [9.17, 15) is 0 Å². The number of hydrogen-bond donors (Lipinski definition) is 1. The minimum Gasteiger partial charge on any atom is -0.465 e. The molecule has 0 aliphatic rings. The lowest BCUT2D eigenvalue weighted by atomic mass is 9.87. The molecule has 3 heteroatoms. The highest BCUT2D eigenvalue weighted by Crippen LogP contribution is 2.25. The first-order valence-corrected chi connectivity index (χ1v) is 7.93. The summed E-state index contributed by atoms with van der Waals surface area (Å²) in [5, 5.41) is 3.47. The molecule has 1 aromatic heterocycles. The van der Waals surface area contributed by atoms with Crippen LogP contribution in [0.5, 0.6) is 0 Å². The number of rotatable bonds is 5. The number of hydrogen-bond acceptors (Lipinski definition) is 3. The molecule has 21 heavy (non-hydrogen) atoms. The van der Waals surface area contributed by atoms with E-state index in [-0.39, 0.29) is 11.0 Å². The molecular formula is C18H34N2O. The molecule has 0 aliphatic heterocycles. The largest absolute Gasteiger partial charge is 0.465 e. The molecule has 0 aliphatic carbocycles. The van der Waals surface area contributed by atoms with E-state index in [1.807, 2.05) is 0 Å². The Labute approximate surface area is 131 Å². The lowest BCUT2D eigenvalue weighted by Gasteiger charge is -2.35. The maximum Gasteiger partial charge on any atom is 0.118 e. The van der Waals surface area contributed by atoms with Gasteiger partial charge in [0.1, 0.15) is 11.5 Å². The van der Waals surface area contributed by atoms with Gasteiger partial charge >= 0.3 is 0 Å². The SMILES string of the molecule is Cc1oc(CNC(C)(C)C)cc1CN(C)C(C)C(C)(C)C. The molecule has 1 aromatic rings. The predicted molar refractivity (Wildman–Crippen MR) is 90.4 cm³/mol. The van der Waals surface area contributed by atoms with Gasteiger partial charge in [-0.25, -0.2) is 0 Å². The molecule has 1 unspecified atom stereocenters. The van der Waals surface area contributed by atoms with E-state index in [1.54, 1.807) is 0 Å². The smallest absolute Gasteiger partial charge is 0.118 e. The molecule has 0 saturated heterocycles. The molecule has 1 heterocycles. The van der Waals surface area contributed by atoms with E-state index in [0.717, 1.165) is 24.6 Å². The van der Waals surface area contributed by atoms with E-state index in [1.165, 1.54) is 5.56 Å². The highest BCUT2D eigenvalue weighted by Gasteiger charge is 2.24. The lowest BCUT2D eigenvalue weighted by Crippen LogP contribution is -2.38. The monoisotopic (exact) mass is 294 g/mol. The summed E-state index contributed by atoms with van der Waals surface area (Å²) in [5.41, 5.74) is 1.68. The summed E-state index contributed by atoms with van der Waals surface area (Å²) in [6.07, 6.45) is 0. The van der Waals surface area contributed by atoms with Crippen molar-refractivity contribution in [2.75, 3.05) is 7.05 Å². The highest BCUT2D eigenvalue weighted by molar-refractivity contribution is 5.21. The van der Waals surface area contributed by atoms with Gasteiger partial charge in [0.05, 0.1) is 6.54 Å². The third-order valence-electron chi connectivity index (χ3n) is 4.20. The summed E-state index contributed by atoms with van der Waals surface area (Å²) in [4.78, 5) is 2.40. The zero-order valence-corrected chi connectivity index (χ0v) is 15.4. The highest BCUT2D eigenvalue weighted by atomic mass is 16.3. The summed E-state index contributed by atoms with van der Waals surface area (Å²) < 4.78 is 5.89. The second-order valence-electron chi connectivity index (χ2n) is 8.35. The molecule has 1 atom stereocenters. The third kappa shape index (κ3) is 5.84. The van der Waals surface area contributed by atoms with Gasteiger partial charge in [-0.2, -0.15) is 0 Å². The van der Waals surface area contributed by atoms with Crippen molar-refractivity contribution in [3.05, 3.63) is 23.2 Å². The van der Waals surface area contributed by atoms with Gasteiger partial charge in [0.2, 0.25) is 0 Å². The van der Waals surface area contributed by atoms with Gasteiger partial charge in [0.25, 0.3) is 0 Å². The van der Waals surface area contributed by atoms with E-state index in [0.29, 0.717) is 6.04 Å². The molecule has 122 valence electrons. The van der Waals surface area contributed by atoms with Crippen LogP contribution >= 0.6 is 0 Å².